The summed E-state index contributed by atoms with van der Waals surface area (Å²) in [5.41, 5.74) is 2.67. The van der Waals surface area contributed by atoms with Crippen molar-refractivity contribution in [3.05, 3.63) is 130 Å². The van der Waals surface area contributed by atoms with Gasteiger partial charge in [0.15, 0.2) is 23.9 Å². The van der Waals surface area contributed by atoms with Gasteiger partial charge in [-0.15, -0.1) is 0 Å². The monoisotopic (exact) mass is 472 g/mol. The van der Waals surface area contributed by atoms with Gasteiger partial charge < -0.3 is 9.47 Å². The molecule has 0 atom stereocenters. The summed E-state index contributed by atoms with van der Waals surface area (Å²) in [6.07, 6.45) is -0.316. The van der Waals surface area contributed by atoms with E-state index in [9.17, 15) is 4.79 Å². The first-order chi connectivity index (χ1) is 15.2. The Kier molecular flexibility index (Phi) is 6.80. The van der Waals surface area contributed by atoms with Gasteiger partial charge in [0.2, 0.25) is 0 Å². The summed E-state index contributed by atoms with van der Waals surface area (Å²) in [6.45, 7) is -0.0790. The van der Waals surface area contributed by atoms with Gasteiger partial charge in [-0.3, -0.25) is 4.79 Å². The van der Waals surface area contributed by atoms with Gasteiger partial charge >= 0.3 is 0 Å². The molecule has 3 nitrogen and oxygen atoms in total. The standard InChI is InChI=1S/C27H21BrO3/c28-23-17-10-18-25(27(23)30-19-24(29)20-11-4-1-5-12-20)31-26(21-13-6-2-7-14-21)22-15-8-3-9-16-22/h1-18,26H,19H2. The fraction of sp³-hybridized carbons (Fsp3) is 0.0741. The first-order valence-corrected chi connectivity index (χ1v) is 10.8. The van der Waals surface area contributed by atoms with Crippen LogP contribution in [0.4, 0.5) is 0 Å². The molecule has 154 valence electrons. The van der Waals surface area contributed by atoms with Crippen molar-refractivity contribution in [2.75, 3.05) is 6.61 Å². The molecule has 31 heavy (non-hydrogen) atoms. The highest BCUT2D eigenvalue weighted by molar-refractivity contribution is 9.10. The Labute approximate surface area is 190 Å². The molecule has 4 heteroatoms. The molecule has 0 aliphatic rings. The van der Waals surface area contributed by atoms with Crippen LogP contribution in [0, 0.1) is 0 Å². The lowest BCUT2D eigenvalue weighted by Crippen LogP contribution is -2.14. The van der Waals surface area contributed by atoms with E-state index in [0.717, 1.165) is 15.6 Å². The normalized spacial score (nSPS) is 10.6. The number of hydrogen-bond acceptors (Lipinski definition) is 3. The first kappa shape index (κ1) is 20.9. The lowest BCUT2D eigenvalue weighted by molar-refractivity contribution is 0.0917. The second kappa shape index (κ2) is 10.1. The maximum Gasteiger partial charge on any atom is 0.200 e. The largest absolute Gasteiger partial charge is 0.480 e. The molecule has 0 radical (unpaired) electrons. The molecule has 0 aliphatic carbocycles. The molecule has 4 rings (SSSR count). The van der Waals surface area contributed by atoms with Crippen LogP contribution >= 0.6 is 15.9 Å². The van der Waals surface area contributed by atoms with Crippen molar-refractivity contribution < 1.29 is 14.3 Å². The van der Waals surface area contributed by atoms with Gasteiger partial charge in [-0.25, -0.2) is 0 Å². The van der Waals surface area contributed by atoms with Crippen molar-refractivity contribution in [1.29, 1.82) is 0 Å². The molecule has 0 N–H and O–H groups in total. The van der Waals surface area contributed by atoms with Crippen LogP contribution in [0.25, 0.3) is 0 Å². The average molecular weight is 473 g/mol. The highest BCUT2D eigenvalue weighted by atomic mass is 79.9. The minimum atomic E-state index is -0.316. The third-order valence-corrected chi connectivity index (χ3v) is 5.45. The molecule has 4 aromatic carbocycles. The predicted molar refractivity (Wildman–Crippen MR) is 126 cm³/mol. The molecule has 0 saturated carbocycles. The molecule has 4 aromatic rings. The third kappa shape index (κ3) is 5.22. The van der Waals surface area contributed by atoms with Crippen LogP contribution in [0.1, 0.15) is 27.6 Å². The van der Waals surface area contributed by atoms with Crippen molar-refractivity contribution in [2.45, 2.75) is 6.10 Å². The summed E-state index contributed by atoms with van der Waals surface area (Å²) in [5.74, 6) is 0.974. The smallest absolute Gasteiger partial charge is 0.200 e. The highest BCUT2D eigenvalue weighted by Gasteiger charge is 2.20. The number of halogens is 1. The lowest BCUT2D eigenvalue weighted by Gasteiger charge is -2.22. The number of hydrogen-bond donors (Lipinski definition) is 0. The summed E-state index contributed by atoms with van der Waals surface area (Å²) in [7, 11) is 0. The van der Waals surface area contributed by atoms with Gasteiger partial charge in [-0.1, -0.05) is 97.1 Å². The first-order valence-electron chi connectivity index (χ1n) is 9.98. The minimum Gasteiger partial charge on any atom is -0.480 e. The van der Waals surface area contributed by atoms with Crippen LogP contribution < -0.4 is 9.47 Å². The van der Waals surface area contributed by atoms with Gasteiger partial charge in [0.1, 0.15) is 6.10 Å². The Balaban J connectivity index is 1.61. The topological polar surface area (TPSA) is 35.5 Å². The van der Waals surface area contributed by atoms with Crippen molar-refractivity contribution in [2.24, 2.45) is 0 Å². The fourth-order valence-corrected chi connectivity index (χ4v) is 3.74. The molecule has 0 saturated heterocycles. The molecule has 0 unspecified atom stereocenters. The Hall–Kier alpha value is -3.37. The summed E-state index contributed by atoms with van der Waals surface area (Å²) in [5, 5.41) is 0. The molecular formula is C27H21BrO3. The molecule has 0 bridgehead atoms. The van der Waals surface area contributed by atoms with Crippen molar-refractivity contribution >= 4 is 21.7 Å². The van der Waals surface area contributed by atoms with Crippen LogP contribution in [-0.2, 0) is 0 Å². The SMILES string of the molecule is O=C(COc1c(Br)cccc1OC(c1ccccc1)c1ccccc1)c1ccccc1. The van der Waals surface area contributed by atoms with Gasteiger partial charge in [-0.05, 0) is 39.2 Å². The average Bonchev–Trinajstić information content (AvgIpc) is 2.83. The zero-order valence-corrected chi connectivity index (χ0v) is 18.4. The summed E-state index contributed by atoms with van der Waals surface area (Å²) < 4.78 is 13.1. The zero-order valence-electron chi connectivity index (χ0n) is 16.8. The van der Waals surface area contributed by atoms with E-state index < -0.39 is 0 Å². The summed E-state index contributed by atoms with van der Waals surface area (Å²) in [4.78, 5) is 12.5. The predicted octanol–water partition coefficient (Wildman–Crippen LogP) is 6.88. The Bertz CT molecular complexity index is 1090. The number of carbonyl (C=O) groups is 1. The van der Waals surface area contributed by atoms with E-state index in [0.29, 0.717) is 17.1 Å². The Morgan fingerprint density at radius 3 is 1.84 bits per heavy atom. The molecule has 0 fully saturated rings. The van der Waals surface area contributed by atoms with Crippen molar-refractivity contribution in [1.82, 2.24) is 0 Å². The van der Waals surface area contributed by atoms with E-state index >= 15 is 0 Å². The fourth-order valence-electron chi connectivity index (χ4n) is 3.28. The van der Waals surface area contributed by atoms with Crippen LogP contribution in [0.15, 0.2) is 114 Å². The van der Waals surface area contributed by atoms with Gasteiger partial charge in [0.05, 0.1) is 4.47 Å². The second-order valence-electron chi connectivity index (χ2n) is 6.96. The van der Waals surface area contributed by atoms with Gasteiger partial charge in [0.25, 0.3) is 0 Å². The molecule has 0 aliphatic heterocycles. The molecule has 0 spiro atoms. The zero-order chi connectivity index (χ0) is 21.5. The number of para-hydroxylation sites is 1. The maximum atomic E-state index is 12.5. The molecule has 0 aromatic heterocycles. The van der Waals surface area contributed by atoms with Crippen molar-refractivity contribution in [3.8, 4) is 11.5 Å². The number of rotatable bonds is 8. The van der Waals surface area contributed by atoms with Gasteiger partial charge in [-0.2, -0.15) is 0 Å². The molecule has 0 heterocycles. The van der Waals surface area contributed by atoms with E-state index in [1.54, 1.807) is 12.1 Å². The molecule has 0 amide bonds. The van der Waals surface area contributed by atoms with Crippen LogP contribution in [0.3, 0.4) is 0 Å². The van der Waals surface area contributed by atoms with E-state index in [1.165, 1.54) is 0 Å². The quantitative estimate of drug-likeness (QED) is 0.262. The number of benzene rings is 4. The van der Waals surface area contributed by atoms with Crippen molar-refractivity contribution in [3.63, 3.8) is 0 Å². The number of Topliss-reactive ketones (excluding diaryl/α,β-unsaturated/α-hetero) is 1. The number of ketones is 1. The Morgan fingerprint density at radius 2 is 1.26 bits per heavy atom. The lowest BCUT2D eigenvalue weighted by atomic mass is 10.0. The second-order valence-corrected chi connectivity index (χ2v) is 7.82. The molecular weight excluding hydrogens is 452 g/mol. The Morgan fingerprint density at radius 1 is 0.710 bits per heavy atom. The van der Waals surface area contributed by atoms with E-state index in [4.69, 9.17) is 9.47 Å². The minimum absolute atomic E-state index is 0.0790. The summed E-state index contributed by atoms with van der Waals surface area (Å²) >= 11 is 3.54. The van der Waals surface area contributed by atoms with Gasteiger partial charge in [0, 0.05) is 5.56 Å². The number of ether oxygens (including phenoxy) is 2. The number of carbonyl (C=O) groups excluding carboxylic acids is 1. The summed E-state index contributed by atoms with van der Waals surface area (Å²) in [6, 6.07) is 34.8. The highest BCUT2D eigenvalue weighted by Crippen LogP contribution is 2.39. The van der Waals surface area contributed by atoms with Crippen LogP contribution in [0.5, 0.6) is 11.5 Å². The maximum absolute atomic E-state index is 12.5. The van der Waals surface area contributed by atoms with Crippen LogP contribution in [-0.4, -0.2) is 12.4 Å². The van der Waals surface area contributed by atoms with Crippen LogP contribution in [0.2, 0.25) is 0 Å². The van der Waals surface area contributed by atoms with E-state index in [1.807, 2.05) is 97.1 Å². The third-order valence-electron chi connectivity index (χ3n) is 4.82. The van der Waals surface area contributed by atoms with E-state index in [2.05, 4.69) is 15.9 Å². The van der Waals surface area contributed by atoms with E-state index in [-0.39, 0.29) is 18.5 Å².